The van der Waals surface area contributed by atoms with Crippen LogP contribution in [0.15, 0.2) is 0 Å². The van der Waals surface area contributed by atoms with Crippen molar-refractivity contribution in [3.63, 3.8) is 0 Å². The molecule has 5 heteroatoms. The standard InChI is InChI=1S/C7H15NO3S/c1-6(9)4-8-7-2-3-12(10,11)5-7/h6-9H,2-5H2,1H3/t6-,7?/m1/s1. The molecule has 1 fully saturated rings. The van der Waals surface area contributed by atoms with Crippen molar-refractivity contribution >= 4 is 9.84 Å². The smallest absolute Gasteiger partial charge is 0.151 e. The molecule has 1 aliphatic heterocycles. The molecule has 0 aromatic heterocycles. The Labute approximate surface area is 72.9 Å². The summed E-state index contributed by atoms with van der Waals surface area (Å²) in [6, 6.07) is 0.0459. The van der Waals surface area contributed by atoms with Gasteiger partial charge in [0.15, 0.2) is 9.84 Å². The molecule has 1 unspecified atom stereocenters. The number of aliphatic hydroxyl groups is 1. The van der Waals surface area contributed by atoms with Gasteiger partial charge in [-0.25, -0.2) is 8.42 Å². The van der Waals surface area contributed by atoms with E-state index >= 15 is 0 Å². The molecule has 0 aliphatic carbocycles. The number of nitrogens with one attached hydrogen (secondary N) is 1. The lowest BCUT2D eigenvalue weighted by Gasteiger charge is -2.11. The van der Waals surface area contributed by atoms with Crippen LogP contribution in [0.2, 0.25) is 0 Å². The minimum absolute atomic E-state index is 0.0459. The van der Waals surface area contributed by atoms with Crippen LogP contribution in [-0.2, 0) is 9.84 Å². The van der Waals surface area contributed by atoms with Gasteiger partial charge >= 0.3 is 0 Å². The van der Waals surface area contributed by atoms with Crippen LogP contribution in [0.3, 0.4) is 0 Å². The van der Waals surface area contributed by atoms with E-state index in [2.05, 4.69) is 5.32 Å². The Hall–Kier alpha value is -0.130. The fraction of sp³-hybridized carbons (Fsp3) is 1.00. The highest BCUT2D eigenvalue weighted by Crippen LogP contribution is 2.10. The van der Waals surface area contributed by atoms with Crippen molar-refractivity contribution in [2.75, 3.05) is 18.1 Å². The molecule has 2 atom stereocenters. The summed E-state index contributed by atoms with van der Waals surface area (Å²) >= 11 is 0. The molecule has 4 nitrogen and oxygen atoms in total. The lowest BCUT2D eigenvalue weighted by atomic mass is 10.2. The first-order valence-corrected chi connectivity index (χ1v) is 5.93. The molecule has 0 spiro atoms. The van der Waals surface area contributed by atoms with Crippen LogP contribution in [0.4, 0.5) is 0 Å². The van der Waals surface area contributed by atoms with Crippen molar-refractivity contribution in [3.05, 3.63) is 0 Å². The molecule has 1 aliphatic rings. The van der Waals surface area contributed by atoms with Gasteiger partial charge in [-0.1, -0.05) is 0 Å². The molecule has 0 aromatic carbocycles. The third kappa shape index (κ3) is 3.08. The summed E-state index contributed by atoms with van der Waals surface area (Å²) in [7, 11) is -2.79. The Morgan fingerprint density at radius 2 is 2.33 bits per heavy atom. The molecule has 0 aromatic rings. The number of hydrogen-bond acceptors (Lipinski definition) is 4. The largest absolute Gasteiger partial charge is 0.392 e. The van der Waals surface area contributed by atoms with Gasteiger partial charge < -0.3 is 10.4 Å². The normalized spacial score (nSPS) is 30.3. The van der Waals surface area contributed by atoms with Gasteiger partial charge in [0.05, 0.1) is 17.6 Å². The van der Waals surface area contributed by atoms with Crippen LogP contribution < -0.4 is 5.32 Å². The van der Waals surface area contributed by atoms with E-state index in [4.69, 9.17) is 5.11 Å². The third-order valence-corrected chi connectivity index (χ3v) is 3.70. The van der Waals surface area contributed by atoms with Crippen molar-refractivity contribution < 1.29 is 13.5 Å². The zero-order valence-corrected chi connectivity index (χ0v) is 7.97. The second-order valence-electron chi connectivity index (χ2n) is 3.36. The highest BCUT2D eigenvalue weighted by atomic mass is 32.2. The van der Waals surface area contributed by atoms with Crippen molar-refractivity contribution in [1.82, 2.24) is 5.32 Å². The summed E-state index contributed by atoms with van der Waals surface area (Å²) in [6.07, 6.45) is 0.267. The van der Waals surface area contributed by atoms with Gasteiger partial charge in [-0.05, 0) is 13.3 Å². The molecule has 1 rings (SSSR count). The molecule has 0 bridgehead atoms. The zero-order valence-electron chi connectivity index (χ0n) is 7.16. The van der Waals surface area contributed by atoms with Gasteiger partial charge in [-0.2, -0.15) is 0 Å². The Balaban J connectivity index is 2.29. The molecule has 72 valence electrons. The van der Waals surface area contributed by atoms with Gasteiger partial charge in [-0.15, -0.1) is 0 Å². The predicted molar refractivity (Wildman–Crippen MR) is 46.7 cm³/mol. The maximum absolute atomic E-state index is 11.0. The lowest BCUT2D eigenvalue weighted by molar-refractivity contribution is 0.187. The second kappa shape index (κ2) is 3.72. The van der Waals surface area contributed by atoms with Gasteiger partial charge in [0.25, 0.3) is 0 Å². The number of aliphatic hydroxyl groups excluding tert-OH is 1. The SMILES string of the molecule is C[C@@H](O)CNC1CCS(=O)(=O)C1. The van der Waals surface area contributed by atoms with Crippen molar-refractivity contribution in [1.29, 1.82) is 0 Å². The highest BCUT2D eigenvalue weighted by molar-refractivity contribution is 7.91. The molecule has 1 heterocycles. The molecule has 1 saturated heterocycles. The average Bonchev–Trinajstić information content (AvgIpc) is 2.26. The van der Waals surface area contributed by atoms with Gasteiger partial charge in [0, 0.05) is 12.6 Å². The van der Waals surface area contributed by atoms with Crippen LogP contribution in [0.25, 0.3) is 0 Å². The average molecular weight is 193 g/mol. The van der Waals surface area contributed by atoms with E-state index in [0.717, 1.165) is 0 Å². The molecule has 0 radical (unpaired) electrons. The number of rotatable bonds is 3. The van der Waals surface area contributed by atoms with Gasteiger partial charge in [-0.3, -0.25) is 0 Å². The summed E-state index contributed by atoms with van der Waals surface area (Å²) in [5, 5.41) is 11.9. The Kier molecular flexibility index (Phi) is 3.09. The molecule has 2 N–H and O–H groups in total. The Bertz CT molecular complexity index is 235. The van der Waals surface area contributed by atoms with E-state index in [9.17, 15) is 8.42 Å². The number of hydrogen-bond donors (Lipinski definition) is 2. The van der Waals surface area contributed by atoms with E-state index < -0.39 is 15.9 Å². The van der Waals surface area contributed by atoms with Crippen LogP contribution in [0.1, 0.15) is 13.3 Å². The van der Waals surface area contributed by atoms with E-state index in [1.807, 2.05) is 0 Å². The minimum Gasteiger partial charge on any atom is -0.392 e. The second-order valence-corrected chi connectivity index (χ2v) is 5.59. The first-order chi connectivity index (χ1) is 5.49. The molecule has 0 saturated carbocycles. The quantitative estimate of drug-likeness (QED) is 0.612. The minimum atomic E-state index is -2.79. The van der Waals surface area contributed by atoms with Crippen molar-refractivity contribution in [2.24, 2.45) is 0 Å². The number of sulfone groups is 1. The van der Waals surface area contributed by atoms with E-state index in [1.54, 1.807) is 6.92 Å². The molecular formula is C7H15NO3S. The highest BCUT2D eigenvalue weighted by Gasteiger charge is 2.27. The molecule has 0 amide bonds. The van der Waals surface area contributed by atoms with Gasteiger partial charge in [0.2, 0.25) is 0 Å². The van der Waals surface area contributed by atoms with Crippen molar-refractivity contribution in [3.8, 4) is 0 Å². The maximum atomic E-state index is 11.0. The molecule has 12 heavy (non-hydrogen) atoms. The molecular weight excluding hydrogens is 178 g/mol. The maximum Gasteiger partial charge on any atom is 0.151 e. The summed E-state index contributed by atoms with van der Waals surface area (Å²) in [5.41, 5.74) is 0. The summed E-state index contributed by atoms with van der Waals surface area (Å²) in [4.78, 5) is 0. The van der Waals surface area contributed by atoms with Crippen LogP contribution in [0.5, 0.6) is 0 Å². The monoisotopic (exact) mass is 193 g/mol. The van der Waals surface area contributed by atoms with Crippen LogP contribution >= 0.6 is 0 Å². The van der Waals surface area contributed by atoms with Crippen molar-refractivity contribution in [2.45, 2.75) is 25.5 Å². The van der Waals surface area contributed by atoms with Crippen LogP contribution in [0, 0.1) is 0 Å². The topological polar surface area (TPSA) is 66.4 Å². The lowest BCUT2D eigenvalue weighted by Crippen LogP contribution is -2.35. The fourth-order valence-corrected chi connectivity index (χ4v) is 3.00. The van der Waals surface area contributed by atoms with E-state index in [-0.39, 0.29) is 17.5 Å². The van der Waals surface area contributed by atoms with E-state index in [0.29, 0.717) is 13.0 Å². The summed E-state index contributed by atoms with van der Waals surface area (Å²) < 4.78 is 22.0. The first-order valence-electron chi connectivity index (χ1n) is 4.11. The zero-order chi connectivity index (χ0) is 9.19. The summed E-state index contributed by atoms with van der Waals surface area (Å²) in [5.74, 6) is 0.504. The van der Waals surface area contributed by atoms with Crippen LogP contribution in [-0.4, -0.2) is 43.7 Å². The predicted octanol–water partition coefficient (Wildman–Crippen LogP) is -0.856. The van der Waals surface area contributed by atoms with E-state index in [1.165, 1.54) is 0 Å². The summed E-state index contributed by atoms with van der Waals surface area (Å²) in [6.45, 7) is 2.15. The van der Waals surface area contributed by atoms with Gasteiger partial charge in [0.1, 0.15) is 0 Å². The fourth-order valence-electron chi connectivity index (χ4n) is 1.29. The first kappa shape index (κ1) is 9.95. The Morgan fingerprint density at radius 3 is 2.75 bits per heavy atom. The Morgan fingerprint density at radius 1 is 1.67 bits per heavy atom. The third-order valence-electron chi connectivity index (χ3n) is 1.93.